The van der Waals surface area contributed by atoms with Crippen molar-refractivity contribution in [3.8, 4) is 6.07 Å². The van der Waals surface area contributed by atoms with E-state index in [-0.39, 0.29) is 11.3 Å². The number of benzene rings is 2. The molecule has 4 rings (SSSR count). The lowest BCUT2D eigenvalue weighted by Gasteiger charge is -2.38. The number of hydrogen-bond acceptors (Lipinski definition) is 4. The van der Waals surface area contributed by atoms with Crippen LogP contribution in [0, 0.1) is 11.3 Å². The summed E-state index contributed by atoms with van der Waals surface area (Å²) in [6, 6.07) is 12.2. The highest BCUT2D eigenvalue weighted by Gasteiger charge is 2.33. The minimum absolute atomic E-state index is 0.0869. The first-order valence-electron chi connectivity index (χ1n) is 10.9. The van der Waals surface area contributed by atoms with E-state index in [9.17, 15) is 18.0 Å². The molecule has 2 fully saturated rings. The number of carbonyl (C=O) groups excluding carboxylic acids is 1. The lowest BCUT2D eigenvalue weighted by atomic mass is 10.0. The van der Waals surface area contributed by atoms with Gasteiger partial charge in [-0.25, -0.2) is 0 Å². The molecule has 0 unspecified atom stereocenters. The molecule has 5 nitrogen and oxygen atoms in total. The second kappa shape index (κ2) is 9.21. The number of likely N-dealkylation sites (tertiary alicyclic amines) is 1. The van der Waals surface area contributed by atoms with E-state index in [4.69, 9.17) is 5.26 Å². The fourth-order valence-corrected chi connectivity index (χ4v) is 4.56. The molecule has 2 saturated heterocycles. The van der Waals surface area contributed by atoms with Crippen molar-refractivity contribution in [3.63, 3.8) is 0 Å². The van der Waals surface area contributed by atoms with E-state index in [1.807, 2.05) is 11.0 Å². The number of nitriles is 1. The summed E-state index contributed by atoms with van der Waals surface area (Å²) in [6.45, 7) is 3.58. The molecule has 168 valence electrons. The Hall–Kier alpha value is -3.05. The maximum atomic E-state index is 13.6. The van der Waals surface area contributed by atoms with Crippen molar-refractivity contribution >= 4 is 17.3 Å². The van der Waals surface area contributed by atoms with Gasteiger partial charge in [-0.1, -0.05) is 6.07 Å². The Kier molecular flexibility index (Phi) is 6.38. The maximum absolute atomic E-state index is 13.6. The van der Waals surface area contributed by atoms with Crippen LogP contribution in [0.3, 0.4) is 0 Å². The molecular formula is C24H25F3N4O. The highest BCUT2D eigenvalue weighted by atomic mass is 19.4. The Bertz CT molecular complexity index is 1020. The van der Waals surface area contributed by atoms with E-state index >= 15 is 0 Å². The van der Waals surface area contributed by atoms with Crippen molar-refractivity contribution in [1.29, 1.82) is 5.26 Å². The molecule has 8 heteroatoms. The van der Waals surface area contributed by atoms with Crippen molar-refractivity contribution in [1.82, 2.24) is 4.90 Å². The minimum atomic E-state index is -4.52. The zero-order valence-electron chi connectivity index (χ0n) is 17.7. The molecular weight excluding hydrogens is 417 g/mol. The molecule has 0 saturated carbocycles. The molecule has 0 bridgehead atoms. The molecule has 32 heavy (non-hydrogen) atoms. The van der Waals surface area contributed by atoms with Gasteiger partial charge in [-0.05, 0) is 75.2 Å². The van der Waals surface area contributed by atoms with Gasteiger partial charge in [0.25, 0.3) is 5.91 Å². The largest absolute Gasteiger partial charge is 0.416 e. The molecule has 0 spiro atoms. The second-order valence-electron chi connectivity index (χ2n) is 8.37. The number of piperidine rings is 1. The predicted molar refractivity (Wildman–Crippen MR) is 117 cm³/mol. The number of anilines is 2. The van der Waals surface area contributed by atoms with E-state index in [1.54, 1.807) is 18.2 Å². The number of halogens is 3. The molecule has 2 aliphatic heterocycles. The number of amides is 1. The first-order chi connectivity index (χ1) is 15.3. The monoisotopic (exact) mass is 442 g/mol. The Morgan fingerprint density at radius 3 is 2.41 bits per heavy atom. The van der Waals surface area contributed by atoms with Gasteiger partial charge in [0.05, 0.1) is 17.2 Å². The molecule has 0 atom stereocenters. The minimum Gasteiger partial charge on any atom is -0.371 e. The number of nitrogens with one attached hydrogen (secondary N) is 1. The van der Waals surface area contributed by atoms with Gasteiger partial charge in [-0.2, -0.15) is 18.4 Å². The summed E-state index contributed by atoms with van der Waals surface area (Å²) in [6.07, 6.45) is -0.260. The van der Waals surface area contributed by atoms with Gasteiger partial charge in [0, 0.05) is 36.1 Å². The molecule has 2 aromatic rings. The van der Waals surface area contributed by atoms with Crippen LogP contribution in [0.4, 0.5) is 24.5 Å². The summed E-state index contributed by atoms with van der Waals surface area (Å²) in [4.78, 5) is 17.1. The van der Waals surface area contributed by atoms with Crippen LogP contribution in [-0.2, 0) is 6.18 Å². The van der Waals surface area contributed by atoms with E-state index in [0.29, 0.717) is 30.4 Å². The van der Waals surface area contributed by atoms with Crippen LogP contribution < -0.4 is 10.2 Å². The van der Waals surface area contributed by atoms with E-state index in [2.05, 4.69) is 10.2 Å². The molecule has 2 aliphatic rings. The van der Waals surface area contributed by atoms with Gasteiger partial charge < -0.3 is 15.1 Å². The first-order valence-corrected chi connectivity index (χ1v) is 10.9. The summed E-state index contributed by atoms with van der Waals surface area (Å²) in [7, 11) is 0. The average molecular weight is 442 g/mol. The maximum Gasteiger partial charge on any atom is 0.416 e. The molecule has 0 aromatic heterocycles. The van der Waals surface area contributed by atoms with Crippen molar-refractivity contribution in [3.05, 3.63) is 59.2 Å². The zero-order chi connectivity index (χ0) is 22.7. The van der Waals surface area contributed by atoms with Crippen LogP contribution in [0.15, 0.2) is 42.5 Å². The topological polar surface area (TPSA) is 59.4 Å². The lowest BCUT2D eigenvalue weighted by Crippen LogP contribution is -2.43. The normalized spacial score (nSPS) is 17.9. The lowest BCUT2D eigenvalue weighted by molar-refractivity contribution is -0.137. The molecule has 1 N–H and O–H groups in total. The standard InChI is InChI=1S/C24H25F3N4O/c25-24(26,27)19-13-20(29-23(32)18-5-3-4-17(12-18)16-28)15-22(14-19)31-10-6-21(7-11-31)30-8-1-2-9-30/h3-5,12-15,21H,1-2,6-11H2,(H,29,32). The number of alkyl halides is 3. The Balaban J connectivity index is 1.53. The summed E-state index contributed by atoms with van der Waals surface area (Å²) < 4.78 is 40.7. The molecule has 2 aromatic carbocycles. The van der Waals surface area contributed by atoms with Crippen LogP contribution in [-0.4, -0.2) is 43.0 Å². The highest BCUT2D eigenvalue weighted by Crippen LogP contribution is 2.36. The number of hydrogen-bond donors (Lipinski definition) is 1. The van der Waals surface area contributed by atoms with Crippen molar-refractivity contribution in [2.75, 3.05) is 36.4 Å². The Morgan fingerprint density at radius 2 is 1.75 bits per heavy atom. The van der Waals surface area contributed by atoms with Crippen LogP contribution in [0.1, 0.15) is 47.2 Å². The predicted octanol–water partition coefficient (Wildman–Crippen LogP) is 4.89. The summed E-state index contributed by atoms with van der Waals surface area (Å²) in [5.74, 6) is -0.555. The molecule has 0 radical (unpaired) electrons. The molecule has 2 heterocycles. The zero-order valence-corrected chi connectivity index (χ0v) is 17.7. The van der Waals surface area contributed by atoms with Crippen LogP contribution in [0.25, 0.3) is 0 Å². The first kappa shape index (κ1) is 22.2. The van der Waals surface area contributed by atoms with Gasteiger partial charge >= 0.3 is 6.18 Å². The van der Waals surface area contributed by atoms with Gasteiger partial charge in [0.15, 0.2) is 0 Å². The number of rotatable bonds is 4. The molecule has 1 amide bonds. The molecule has 0 aliphatic carbocycles. The van der Waals surface area contributed by atoms with E-state index < -0.39 is 17.6 Å². The third kappa shape index (κ3) is 5.05. The summed E-state index contributed by atoms with van der Waals surface area (Å²) >= 11 is 0. The van der Waals surface area contributed by atoms with E-state index in [1.165, 1.54) is 25.0 Å². The average Bonchev–Trinajstić information content (AvgIpc) is 3.33. The number of nitrogens with zero attached hydrogens (tertiary/aromatic N) is 3. The van der Waals surface area contributed by atoms with E-state index in [0.717, 1.165) is 38.1 Å². The van der Waals surface area contributed by atoms with Crippen molar-refractivity contribution < 1.29 is 18.0 Å². The van der Waals surface area contributed by atoms with Gasteiger partial charge in [-0.3, -0.25) is 4.79 Å². The van der Waals surface area contributed by atoms with Crippen LogP contribution >= 0.6 is 0 Å². The third-order valence-corrected chi connectivity index (χ3v) is 6.24. The fraction of sp³-hybridized carbons (Fsp3) is 0.417. The third-order valence-electron chi connectivity index (χ3n) is 6.24. The second-order valence-corrected chi connectivity index (χ2v) is 8.37. The highest BCUT2D eigenvalue weighted by molar-refractivity contribution is 6.04. The van der Waals surface area contributed by atoms with Crippen LogP contribution in [0.5, 0.6) is 0 Å². The Labute approximate surface area is 185 Å². The smallest absolute Gasteiger partial charge is 0.371 e. The number of carbonyl (C=O) groups is 1. The van der Waals surface area contributed by atoms with Crippen molar-refractivity contribution in [2.45, 2.75) is 37.9 Å². The van der Waals surface area contributed by atoms with Gasteiger partial charge in [0.1, 0.15) is 0 Å². The van der Waals surface area contributed by atoms with Crippen molar-refractivity contribution in [2.24, 2.45) is 0 Å². The van der Waals surface area contributed by atoms with Crippen LogP contribution in [0.2, 0.25) is 0 Å². The van der Waals surface area contributed by atoms with Gasteiger partial charge in [-0.15, -0.1) is 0 Å². The van der Waals surface area contributed by atoms with Gasteiger partial charge in [0.2, 0.25) is 0 Å². The summed E-state index contributed by atoms with van der Waals surface area (Å²) in [5.41, 5.74) is 0.278. The fourth-order valence-electron chi connectivity index (χ4n) is 4.56. The quantitative estimate of drug-likeness (QED) is 0.732. The summed E-state index contributed by atoms with van der Waals surface area (Å²) in [5, 5.41) is 11.6. The SMILES string of the molecule is N#Cc1cccc(C(=O)Nc2cc(N3CCC(N4CCCC4)CC3)cc(C(F)(F)F)c2)c1. The Morgan fingerprint density at radius 1 is 1.03 bits per heavy atom.